The summed E-state index contributed by atoms with van der Waals surface area (Å²) in [6.45, 7) is 2.57. The fourth-order valence-electron chi connectivity index (χ4n) is 5.31. The van der Waals surface area contributed by atoms with Crippen LogP contribution in [0.5, 0.6) is 0 Å². The summed E-state index contributed by atoms with van der Waals surface area (Å²) in [5.41, 5.74) is 14.0. The molecule has 11 heteroatoms. The van der Waals surface area contributed by atoms with Gasteiger partial charge >= 0.3 is 0 Å². The Labute approximate surface area is 217 Å². The summed E-state index contributed by atoms with van der Waals surface area (Å²) in [4.78, 5) is 21.6. The third-order valence-electron chi connectivity index (χ3n) is 7.24. The summed E-state index contributed by atoms with van der Waals surface area (Å²) >= 11 is 0.858. The molecular formula is C26H29F2N5O3S. The molecule has 4 atom stereocenters. The minimum atomic E-state index is -0.776. The molecular weight excluding hydrogens is 500 g/mol. The number of halogens is 2. The molecule has 1 amide bonds. The second-order valence-electron chi connectivity index (χ2n) is 9.79. The van der Waals surface area contributed by atoms with E-state index >= 15 is 4.39 Å². The highest BCUT2D eigenvalue weighted by molar-refractivity contribution is 7.19. The summed E-state index contributed by atoms with van der Waals surface area (Å²) in [7, 11) is 0. The van der Waals surface area contributed by atoms with Crippen LogP contribution in [0, 0.1) is 17.6 Å². The van der Waals surface area contributed by atoms with E-state index in [-0.39, 0.29) is 45.8 Å². The van der Waals surface area contributed by atoms with Crippen LogP contribution in [0.2, 0.25) is 0 Å². The highest BCUT2D eigenvalue weighted by Gasteiger charge is 2.34. The zero-order valence-electron chi connectivity index (χ0n) is 20.3. The zero-order valence-corrected chi connectivity index (χ0v) is 21.2. The Morgan fingerprint density at radius 2 is 2.14 bits per heavy atom. The molecule has 3 aromatic rings. The lowest BCUT2D eigenvalue weighted by Crippen LogP contribution is -2.44. The van der Waals surface area contributed by atoms with Crippen molar-refractivity contribution in [1.82, 2.24) is 9.97 Å². The Bertz CT molecular complexity index is 1320. The molecule has 1 fully saturated rings. The van der Waals surface area contributed by atoms with Gasteiger partial charge in [-0.15, -0.1) is 0 Å². The molecule has 0 bridgehead atoms. The molecule has 196 valence electrons. The molecule has 8 nitrogen and oxygen atoms in total. The minimum Gasteiger partial charge on any atom is -0.391 e. The molecule has 0 radical (unpaired) electrons. The number of ether oxygens (including phenoxy) is 1. The van der Waals surface area contributed by atoms with Gasteiger partial charge in [0.2, 0.25) is 0 Å². The Kier molecular flexibility index (Phi) is 7.21. The number of fused-ring (bicyclic) bond motifs is 1. The van der Waals surface area contributed by atoms with Crippen LogP contribution in [0.4, 0.5) is 19.5 Å². The molecule has 0 spiro atoms. The SMILES string of the molecule is C[C@H]1C[C@@H](c2ccncc2NC(=O)c2nc(-c3c(F)cc4c(c3F)CCCOC4)sc2N)C[C@@H](N)[C@@H]1O. The molecule has 0 unspecified atom stereocenters. The number of benzene rings is 1. The van der Waals surface area contributed by atoms with Gasteiger partial charge in [-0.25, -0.2) is 13.8 Å². The van der Waals surface area contributed by atoms with Crippen LogP contribution in [-0.2, 0) is 17.8 Å². The number of carbonyl (C=O) groups is 1. The van der Waals surface area contributed by atoms with E-state index in [0.29, 0.717) is 49.1 Å². The number of aromatic nitrogens is 2. The summed E-state index contributed by atoms with van der Waals surface area (Å²) in [5.74, 6) is -2.06. The summed E-state index contributed by atoms with van der Waals surface area (Å²) in [6.07, 6.45) is 4.90. The summed E-state index contributed by atoms with van der Waals surface area (Å²) < 4.78 is 35.8. The maximum atomic E-state index is 15.4. The van der Waals surface area contributed by atoms with Gasteiger partial charge < -0.3 is 26.6 Å². The van der Waals surface area contributed by atoms with Gasteiger partial charge in [0, 0.05) is 18.8 Å². The average Bonchev–Trinajstić information content (AvgIpc) is 3.08. The number of anilines is 2. The lowest BCUT2D eigenvalue weighted by Gasteiger charge is -2.36. The van der Waals surface area contributed by atoms with E-state index < -0.39 is 23.6 Å². The van der Waals surface area contributed by atoms with Crippen LogP contribution in [0.3, 0.4) is 0 Å². The molecule has 5 rings (SSSR count). The average molecular weight is 530 g/mol. The summed E-state index contributed by atoms with van der Waals surface area (Å²) in [6, 6.07) is 2.71. The van der Waals surface area contributed by atoms with E-state index in [1.54, 1.807) is 6.20 Å². The molecule has 2 aliphatic rings. The summed E-state index contributed by atoms with van der Waals surface area (Å²) in [5, 5.41) is 13.1. The largest absolute Gasteiger partial charge is 0.391 e. The van der Waals surface area contributed by atoms with Crippen LogP contribution in [-0.4, -0.2) is 39.7 Å². The molecule has 1 aliphatic heterocycles. The molecule has 6 N–H and O–H groups in total. The number of hydrogen-bond donors (Lipinski definition) is 4. The first-order valence-corrected chi connectivity index (χ1v) is 13.1. The predicted octanol–water partition coefficient (Wildman–Crippen LogP) is 3.98. The number of nitrogens with two attached hydrogens (primary N) is 2. The highest BCUT2D eigenvalue weighted by Crippen LogP contribution is 2.40. The van der Waals surface area contributed by atoms with E-state index in [1.165, 1.54) is 12.3 Å². The van der Waals surface area contributed by atoms with Crippen molar-refractivity contribution in [3.05, 3.63) is 58.5 Å². The standard InChI is InChI=1S/C26H29F2N5O3S/c1-12-7-13(9-18(29)23(12)34)15-4-5-31-10-19(15)32-25(35)22-24(30)37-26(33-22)20-17(27)8-14-11-36-6-2-3-16(14)21(20)28/h4-5,8,10,12-13,18,23,34H,2-3,6-7,9,11,29-30H2,1H3,(H,32,35)/t12-,13+,18+,23+/m0/s1. The van der Waals surface area contributed by atoms with Gasteiger partial charge in [0.1, 0.15) is 21.6 Å². The number of nitrogens with zero attached hydrogens (tertiary/aromatic N) is 2. The van der Waals surface area contributed by atoms with Gasteiger partial charge in [-0.1, -0.05) is 18.3 Å². The third kappa shape index (κ3) is 4.96. The number of nitrogens with one attached hydrogen (secondary N) is 1. The lowest BCUT2D eigenvalue weighted by molar-refractivity contribution is 0.0521. The number of carbonyl (C=O) groups excluding carboxylic acids is 1. The maximum absolute atomic E-state index is 15.4. The van der Waals surface area contributed by atoms with Crippen molar-refractivity contribution in [3.8, 4) is 10.6 Å². The topological polar surface area (TPSA) is 136 Å². The first-order valence-electron chi connectivity index (χ1n) is 12.3. The maximum Gasteiger partial charge on any atom is 0.277 e. The lowest BCUT2D eigenvalue weighted by atomic mass is 9.74. The minimum absolute atomic E-state index is 0.000481. The van der Waals surface area contributed by atoms with Crippen LogP contribution >= 0.6 is 11.3 Å². The number of amides is 1. The Hall–Kier alpha value is -2.99. The van der Waals surface area contributed by atoms with Gasteiger partial charge in [0.05, 0.1) is 30.2 Å². The van der Waals surface area contributed by atoms with E-state index in [4.69, 9.17) is 16.2 Å². The van der Waals surface area contributed by atoms with Gasteiger partial charge in [-0.05, 0) is 66.3 Å². The third-order valence-corrected chi connectivity index (χ3v) is 8.15. The Morgan fingerprint density at radius 1 is 1.32 bits per heavy atom. The molecule has 1 aromatic carbocycles. The number of thiazole rings is 1. The number of nitrogen functional groups attached to an aromatic ring is 1. The molecule has 3 heterocycles. The first kappa shape index (κ1) is 25.7. The monoisotopic (exact) mass is 529 g/mol. The molecule has 0 saturated heterocycles. The van der Waals surface area contributed by atoms with Crippen molar-refractivity contribution in [1.29, 1.82) is 0 Å². The van der Waals surface area contributed by atoms with Gasteiger partial charge in [-0.3, -0.25) is 9.78 Å². The predicted molar refractivity (Wildman–Crippen MR) is 137 cm³/mol. The molecule has 2 aromatic heterocycles. The smallest absolute Gasteiger partial charge is 0.277 e. The van der Waals surface area contributed by atoms with Crippen LogP contribution < -0.4 is 16.8 Å². The van der Waals surface area contributed by atoms with Crippen LogP contribution in [0.25, 0.3) is 10.6 Å². The zero-order chi connectivity index (χ0) is 26.3. The quantitative estimate of drug-likeness (QED) is 0.401. The van der Waals surface area contributed by atoms with Crippen molar-refractivity contribution in [2.75, 3.05) is 17.7 Å². The van der Waals surface area contributed by atoms with Crippen LogP contribution in [0.1, 0.15) is 59.3 Å². The van der Waals surface area contributed by atoms with Gasteiger partial charge in [-0.2, -0.15) is 0 Å². The van der Waals surface area contributed by atoms with E-state index in [1.807, 2.05) is 13.0 Å². The molecule has 37 heavy (non-hydrogen) atoms. The number of hydrogen-bond acceptors (Lipinski definition) is 8. The second kappa shape index (κ2) is 10.4. The van der Waals surface area contributed by atoms with E-state index in [0.717, 1.165) is 16.9 Å². The fourth-order valence-corrected chi connectivity index (χ4v) is 6.18. The van der Waals surface area contributed by atoms with Crippen LogP contribution in [0.15, 0.2) is 24.5 Å². The number of pyridine rings is 1. The number of rotatable bonds is 4. The highest BCUT2D eigenvalue weighted by atomic mass is 32.1. The van der Waals surface area contributed by atoms with Crippen molar-refractivity contribution >= 4 is 27.9 Å². The Morgan fingerprint density at radius 3 is 2.92 bits per heavy atom. The molecule has 1 saturated carbocycles. The normalized spacial score (nSPS) is 23.8. The van der Waals surface area contributed by atoms with Gasteiger partial charge in [0.15, 0.2) is 5.69 Å². The fraction of sp³-hybridized carbons (Fsp3) is 0.423. The number of aliphatic hydroxyl groups excluding tert-OH is 1. The van der Waals surface area contributed by atoms with Crippen molar-refractivity contribution in [2.24, 2.45) is 11.7 Å². The molecule has 1 aliphatic carbocycles. The van der Waals surface area contributed by atoms with Crippen molar-refractivity contribution in [2.45, 2.75) is 57.3 Å². The van der Waals surface area contributed by atoms with E-state index in [2.05, 4.69) is 15.3 Å². The van der Waals surface area contributed by atoms with Gasteiger partial charge in [0.25, 0.3) is 5.91 Å². The number of aliphatic hydroxyl groups is 1. The van der Waals surface area contributed by atoms with Crippen molar-refractivity contribution in [3.63, 3.8) is 0 Å². The Balaban J connectivity index is 1.43. The second-order valence-corrected chi connectivity index (χ2v) is 10.8. The van der Waals surface area contributed by atoms with Crippen molar-refractivity contribution < 1.29 is 23.4 Å². The first-order chi connectivity index (χ1) is 17.7. The van der Waals surface area contributed by atoms with E-state index in [9.17, 15) is 14.3 Å².